The van der Waals surface area contributed by atoms with Crippen molar-refractivity contribution in [1.82, 2.24) is 4.31 Å². The number of sulfonamides is 1. The molecule has 21 heavy (non-hydrogen) atoms. The zero-order valence-electron chi connectivity index (χ0n) is 11.5. The number of piperidine rings is 1. The molecule has 1 aliphatic heterocycles. The molecule has 0 aliphatic carbocycles. The highest BCUT2D eigenvalue weighted by Gasteiger charge is 2.30. The molecular weight excluding hydrogens is 297 g/mol. The number of carboxylic acid groups (broad SMARTS) is 1. The molecule has 1 aliphatic rings. The Hall–Kier alpha value is -1.47. The van der Waals surface area contributed by atoms with Crippen molar-refractivity contribution in [2.24, 2.45) is 5.92 Å². The van der Waals surface area contributed by atoms with E-state index in [1.54, 1.807) is 0 Å². The summed E-state index contributed by atoms with van der Waals surface area (Å²) in [4.78, 5) is 10.6. The van der Waals surface area contributed by atoms with E-state index in [9.17, 15) is 17.6 Å². The number of aliphatic carboxylic acids is 1. The SMILES string of the molecule is O=C(O)CC[C@@H]1CCCN(S(=O)(=O)c2cccc(F)c2)C1. The Kier molecular flexibility index (Phi) is 4.95. The lowest BCUT2D eigenvalue weighted by Crippen LogP contribution is -2.40. The highest BCUT2D eigenvalue weighted by atomic mass is 32.2. The van der Waals surface area contributed by atoms with Crippen molar-refractivity contribution in [1.29, 1.82) is 0 Å². The van der Waals surface area contributed by atoms with E-state index >= 15 is 0 Å². The third-order valence-corrected chi connectivity index (χ3v) is 5.54. The van der Waals surface area contributed by atoms with Gasteiger partial charge in [-0.2, -0.15) is 4.31 Å². The molecule has 2 rings (SSSR count). The number of carbonyl (C=O) groups is 1. The molecule has 0 bridgehead atoms. The molecule has 0 amide bonds. The molecule has 5 nitrogen and oxygen atoms in total. The molecule has 0 unspecified atom stereocenters. The summed E-state index contributed by atoms with van der Waals surface area (Å²) in [5, 5.41) is 8.70. The molecule has 1 aromatic carbocycles. The van der Waals surface area contributed by atoms with Crippen molar-refractivity contribution in [2.45, 2.75) is 30.6 Å². The van der Waals surface area contributed by atoms with Gasteiger partial charge in [-0.3, -0.25) is 4.79 Å². The van der Waals surface area contributed by atoms with Gasteiger partial charge in [0.2, 0.25) is 10.0 Å². The van der Waals surface area contributed by atoms with Gasteiger partial charge >= 0.3 is 5.97 Å². The molecule has 1 heterocycles. The van der Waals surface area contributed by atoms with Gasteiger partial charge in [-0.25, -0.2) is 12.8 Å². The first-order chi connectivity index (χ1) is 9.89. The summed E-state index contributed by atoms with van der Waals surface area (Å²) in [5.74, 6) is -1.42. The fourth-order valence-electron chi connectivity index (χ4n) is 2.58. The second-order valence-electron chi connectivity index (χ2n) is 5.26. The lowest BCUT2D eigenvalue weighted by molar-refractivity contribution is -0.137. The van der Waals surface area contributed by atoms with Crippen molar-refractivity contribution >= 4 is 16.0 Å². The van der Waals surface area contributed by atoms with Crippen LogP contribution in [0, 0.1) is 11.7 Å². The fraction of sp³-hybridized carbons (Fsp3) is 0.500. The average Bonchev–Trinajstić information content (AvgIpc) is 2.45. The van der Waals surface area contributed by atoms with E-state index in [1.807, 2.05) is 0 Å². The smallest absolute Gasteiger partial charge is 0.303 e. The van der Waals surface area contributed by atoms with Crippen LogP contribution in [0.15, 0.2) is 29.2 Å². The maximum absolute atomic E-state index is 13.2. The molecule has 1 atom stereocenters. The summed E-state index contributed by atoms with van der Waals surface area (Å²) < 4.78 is 39.5. The van der Waals surface area contributed by atoms with Gasteiger partial charge in [0.1, 0.15) is 5.82 Å². The average molecular weight is 315 g/mol. The molecule has 0 saturated carbocycles. The van der Waals surface area contributed by atoms with Crippen molar-refractivity contribution in [3.05, 3.63) is 30.1 Å². The highest BCUT2D eigenvalue weighted by Crippen LogP contribution is 2.26. The van der Waals surface area contributed by atoms with Crippen LogP contribution in [-0.4, -0.2) is 36.9 Å². The molecule has 116 valence electrons. The van der Waals surface area contributed by atoms with Gasteiger partial charge in [0.25, 0.3) is 0 Å². The molecule has 1 fully saturated rings. The number of hydrogen-bond acceptors (Lipinski definition) is 3. The Morgan fingerprint density at radius 2 is 2.19 bits per heavy atom. The number of nitrogens with zero attached hydrogens (tertiary/aromatic N) is 1. The number of hydrogen-bond donors (Lipinski definition) is 1. The maximum atomic E-state index is 13.2. The van der Waals surface area contributed by atoms with Crippen molar-refractivity contribution in [2.75, 3.05) is 13.1 Å². The van der Waals surface area contributed by atoms with E-state index in [0.717, 1.165) is 12.5 Å². The van der Waals surface area contributed by atoms with Gasteiger partial charge in [0.05, 0.1) is 4.90 Å². The first kappa shape index (κ1) is 15.9. The van der Waals surface area contributed by atoms with Gasteiger partial charge in [-0.1, -0.05) is 6.07 Å². The molecule has 1 N–H and O–H groups in total. The van der Waals surface area contributed by atoms with Gasteiger partial charge < -0.3 is 5.11 Å². The quantitative estimate of drug-likeness (QED) is 0.903. The third kappa shape index (κ3) is 4.01. The minimum Gasteiger partial charge on any atom is -0.481 e. The van der Waals surface area contributed by atoms with E-state index < -0.39 is 21.8 Å². The number of benzene rings is 1. The lowest BCUT2D eigenvalue weighted by Gasteiger charge is -2.31. The van der Waals surface area contributed by atoms with Gasteiger partial charge in [-0.15, -0.1) is 0 Å². The zero-order chi connectivity index (χ0) is 15.5. The predicted octanol–water partition coefficient (Wildman–Crippen LogP) is 2.09. The summed E-state index contributed by atoms with van der Waals surface area (Å²) in [6.45, 7) is 0.689. The van der Waals surface area contributed by atoms with Crippen LogP contribution in [0.4, 0.5) is 4.39 Å². The Morgan fingerprint density at radius 1 is 1.43 bits per heavy atom. The van der Waals surface area contributed by atoms with Crippen LogP contribution in [0.2, 0.25) is 0 Å². The van der Waals surface area contributed by atoms with E-state index in [1.165, 1.54) is 22.5 Å². The number of rotatable bonds is 5. The first-order valence-corrected chi connectivity index (χ1v) is 8.31. The van der Waals surface area contributed by atoms with Gasteiger partial charge in [-0.05, 0) is 43.4 Å². The second kappa shape index (κ2) is 6.53. The Balaban J connectivity index is 2.11. The minimum absolute atomic E-state index is 0.0400. The van der Waals surface area contributed by atoms with E-state index in [2.05, 4.69) is 0 Å². The third-order valence-electron chi connectivity index (χ3n) is 3.68. The van der Waals surface area contributed by atoms with Crippen LogP contribution in [0.25, 0.3) is 0 Å². The minimum atomic E-state index is -3.71. The van der Waals surface area contributed by atoms with Crippen LogP contribution < -0.4 is 0 Å². The first-order valence-electron chi connectivity index (χ1n) is 6.87. The molecule has 0 radical (unpaired) electrons. The van der Waals surface area contributed by atoms with Crippen LogP contribution >= 0.6 is 0 Å². The topological polar surface area (TPSA) is 74.7 Å². The van der Waals surface area contributed by atoms with Crippen LogP contribution in [0.5, 0.6) is 0 Å². The van der Waals surface area contributed by atoms with Crippen molar-refractivity contribution in [3.8, 4) is 0 Å². The molecule has 7 heteroatoms. The summed E-state index contributed by atoms with van der Waals surface area (Å²) in [6, 6.07) is 4.95. The van der Waals surface area contributed by atoms with E-state index in [4.69, 9.17) is 5.11 Å². The van der Waals surface area contributed by atoms with Crippen LogP contribution in [-0.2, 0) is 14.8 Å². The standard InChI is InChI=1S/C14H18FNO4S/c15-12-4-1-5-13(9-12)21(19,20)16-8-2-3-11(10-16)6-7-14(17)18/h1,4-5,9,11H,2-3,6-8,10H2,(H,17,18)/t11-/m0/s1. The summed E-state index contributed by atoms with van der Waals surface area (Å²) in [6.07, 6.45) is 2.02. The summed E-state index contributed by atoms with van der Waals surface area (Å²) in [7, 11) is -3.71. The summed E-state index contributed by atoms with van der Waals surface area (Å²) >= 11 is 0. The predicted molar refractivity (Wildman–Crippen MR) is 74.8 cm³/mol. The number of halogens is 1. The normalized spacial score (nSPS) is 20.3. The van der Waals surface area contributed by atoms with E-state index in [-0.39, 0.29) is 17.2 Å². The molecule has 0 spiro atoms. The number of carboxylic acids is 1. The molecule has 0 aromatic heterocycles. The summed E-state index contributed by atoms with van der Waals surface area (Å²) in [5.41, 5.74) is 0. The zero-order valence-corrected chi connectivity index (χ0v) is 12.4. The lowest BCUT2D eigenvalue weighted by atomic mass is 9.95. The van der Waals surface area contributed by atoms with Crippen molar-refractivity contribution in [3.63, 3.8) is 0 Å². The maximum Gasteiger partial charge on any atom is 0.303 e. The monoisotopic (exact) mass is 315 g/mol. The Labute approximate surface area is 123 Å². The van der Waals surface area contributed by atoms with E-state index in [0.29, 0.717) is 25.9 Å². The fourth-order valence-corrected chi connectivity index (χ4v) is 4.17. The molecule has 1 aromatic rings. The van der Waals surface area contributed by atoms with Crippen LogP contribution in [0.3, 0.4) is 0 Å². The molecule has 1 saturated heterocycles. The Morgan fingerprint density at radius 3 is 2.86 bits per heavy atom. The van der Waals surface area contributed by atoms with Crippen molar-refractivity contribution < 1.29 is 22.7 Å². The second-order valence-corrected chi connectivity index (χ2v) is 7.20. The highest BCUT2D eigenvalue weighted by molar-refractivity contribution is 7.89. The largest absolute Gasteiger partial charge is 0.481 e. The van der Waals surface area contributed by atoms with Gasteiger partial charge in [0, 0.05) is 19.5 Å². The molecular formula is C14H18FNO4S. The van der Waals surface area contributed by atoms with Gasteiger partial charge in [0.15, 0.2) is 0 Å². The Bertz CT molecular complexity index is 617. The van der Waals surface area contributed by atoms with Crippen LogP contribution in [0.1, 0.15) is 25.7 Å².